The van der Waals surface area contributed by atoms with E-state index in [1.165, 1.54) is 11.3 Å². The minimum absolute atomic E-state index is 0.0622. The first kappa shape index (κ1) is 10.9. The minimum atomic E-state index is 0.0622. The van der Waals surface area contributed by atoms with Gasteiger partial charge in [-0.25, -0.2) is 0 Å². The maximum Gasteiger partial charge on any atom is 0.263 e. The van der Waals surface area contributed by atoms with Gasteiger partial charge >= 0.3 is 0 Å². The lowest BCUT2D eigenvalue weighted by molar-refractivity contribution is 0.0832. The summed E-state index contributed by atoms with van der Waals surface area (Å²) in [6.45, 7) is 0. The van der Waals surface area contributed by atoms with Crippen molar-refractivity contribution in [1.29, 1.82) is 0 Å². The van der Waals surface area contributed by atoms with Crippen molar-refractivity contribution in [2.24, 2.45) is 0 Å². The van der Waals surface area contributed by atoms with Gasteiger partial charge in [0.25, 0.3) is 5.91 Å². The van der Waals surface area contributed by atoms with E-state index in [-0.39, 0.29) is 5.91 Å². The zero-order valence-electron chi connectivity index (χ0n) is 9.31. The number of hydrogen-bond donors (Lipinski definition) is 0. The summed E-state index contributed by atoms with van der Waals surface area (Å²) in [7, 11) is 3.54. The quantitative estimate of drug-likeness (QED) is 0.777. The van der Waals surface area contributed by atoms with Gasteiger partial charge in [-0.3, -0.25) is 4.79 Å². The van der Waals surface area contributed by atoms with Crippen LogP contribution in [0, 0.1) is 0 Å². The number of thiophene rings is 1. The average molecular weight is 231 g/mol. The molecule has 0 N–H and O–H groups in total. The third kappa shape index (κ3) is 2.14. The Morgan fingerprint density at radius 2 is 1.81 bits per heavy atom. The number of nitrogens with zero attached hydrogens (tertiary/aromatic N) is 1. The van der Waals surface area contributed by atoms with Gasteiger partial charge in [0.15, 0.2) is 0 Å². The molecule has 0 aliphatic heterocycles. The number of rotatable bonds is 2. The standard InChI is InChI=1S/C13H13NOS/c1-14(2)13(15)12-8-11(9-16-12)10-6-4-3-5-7-10/h3-9H,1-2H3. The molecule has 1 heterocycles. The van der Waals surface area contributed by atoms with Crippen LogP contribution in [0.5, 0.6) is 0 Å². The number of hydrogen-bond acceptors (Lipinski definition) is 2. The molecule has 0 fully saturated rings. The molecular formula is C13H13NOS. The van der Waals surface area contributed by atoms with Crippen molar-refractivity contribution >= 4 is 17.2 Å². The summed E-state index contributed by atoms with van der Waals surface area (Å²) < 4.78 is 0. The first-order valence-electron chi connectivity index (χ1n) is 5.04. The molecule has 0 unspecified atom stereocenters. The van der Waals surface area contributed by atoms with Crippen LogP contribution in [0.2, 0.25) is 0 Å². The molecule has 0 radical (unpaired) electrons. The second-order valence-corrected chi connectivity index (χ2v) is 4.68. The fourth-order valence-electron chi connectivity index (χ4n) is 1.45. The topological polar surface area (TPSA) is 20.3 Å². The average Bonchev–Trinajstić information content (AvgIpc) is 2.78. The zero-order chi connectivity index (χ0) is 11.5. The van der Waals surface area contributed by atoms with E-state index in [0.29, 0.717) is 0 Å². The van der Waals surface area contributed by atoms with Gasteiger partial charge < -0.3 is 4.90 Å². The Hall–Kier alpha value is -1.61. The predicted octanol–water partition coefficient (Wildman–Crippen LogP) is 3.12. The van der Waals surface area contributed by atoms with E-state index in [4.69, 9.17) is 0 Å². The fourth-order valence-corrected chi connectivity index (χ4v) is 2.39. The Balaban J connectivity index is 2.30. The van der Waals surface area contributed by atoms with Crippen LogP contribution in [0.15, 0.2) is 41.8 Å². The Morgan fingerprint density at radius 1 is 1.12 bits per heavy atom. The summed E-state index contributed by atoms with van der Waals surface area (Å²) in [4.78, 5) is 14.1. The van der Waals surface area contributed by atoms with Crippen molar-refractivity contribution < 1.29 is 4.79 Å². The first-order chi connectivity index (χ1) is 7.68. The molecule has 0 aliphatic carbocycles. The van der Waals surface area contributed by atoms with E-state index in [0.717, 1.165) is 16.0 Å². The molecule has 0 saturated carbocycles. The van der Waals surface area contributed by atoms with Crippen molar-refractivity contribution in [2.75, 3.05) is 14.1 Å². The van der Waals surface area contributed by atoms with Crippen molar-refractivity contribution in [3.8, 4) is 11.1 Å². The monoisotopic (exact) mass is 231 g/mol. The lowest BCUT2D eigenvalue weighted by atomic mass is 10.1. The van der Waals surface area contributed by atoms with Gasteiger partial charge in [-0.15, -0.1) is 11.3 Å². The fraction of sp³-hybridized carbons (Fsp3) is 0.154. The summed E-state index contributed by atoms with van der Waals surface area (Å²) in [5.74, 6) is 0.0622. The van der Waals surface area contributed by atoms with E-state index in [1.807, 2.05) is 41.8 Å². The van der Waals surface area contributed by atoms with Crippen LogP contribution >= 0.6 is 11.3 Å². The van der Waals surface area contributed by atoms with Gasteiger partial charge in [0, 0.05) is 14.1 Å². The predicted molar refractivity (Wildman–Crippen MR) is 67.8 cm³/mol. The minimum Gasteiger partial charge on any atom is -0.344 e. The second-order valence-electron chi connectivity index (χ2n) is 3.77. The molecule has 2 rings (SSSR count). The number of benzene rings is 1. The highest BCUT2D eigenvalue weighted by molar-refractivity contribution is 7.12. The molecule has 0 aliphatic rings. The first-order valence-corrected chi connectivity index (χ1v) is 5.92. The van der Waals surface area contributed by atoms with Gasteiger partial charge in [0.05, 0.1) is 4.88 Å². The van der Waals surface area contributed by atoms with Crippen LogP contribution in [0.1, 0.15) is 9.67 Å². The molecule has 0 spiro atoms. The highest BCUT2D eigenvalue weighted by Crippen LogP contribution is 2.25. The van der Waals surface area contributed by atoms with Crippen LogP contribution in [-0.2, 0) is 0 Å². The summed E-state index contributed by atoms with van der Waals surface area (Å²) in [6.07, 6.45) is 0. The SMILES string of the molecule is CN(C)C(=O)c1cc(-c2ccccc2)cs1. The Bertz CT molecular complexity index is 488. The van der Waals surface area contributed by atoms with Crippen molar-refractivity contribution in [2.45, 2.75) is 0 Å². The third-order valence-corrected chi connectivity index (χ3v) is 3.24. The van der Waals surface area contributed by atoms with E-state index in [1.54, 1.807) is 19.0 Å². The van der Waals surface area contributed by atoms with Crippen molar-refractivity contribution in [1.82, 2.24) is 4.90 Å². The van der Waals surface area contributed by atoms with E-state index in [9.17, 15) is 4.79 Å². The summed E-state index contributed by atoms with van der Waals surface area (Å²) in [5.41, 5.74) is 2.26. The van der Waals surface area contributed by atoms with Gasteiger partial charge in [0.1, 0.15) is 0 Å². The molecule has 16 heavy (non-hydrogen) atoms. The maximum atomic E-state index is 11.7. The molecule has 1 aromatic heterocycles. The molecule has 1 aromatic carbocycles. The smallest absolute Gasteiger partial charge is 0.263 e. The Labute approximate surface area is 99.1 Å². The number of carbonyl (C=O) groups excluding carboxylic acids is 1. The normalized spacial score (nSPS) is 10.1. The third-order valence-electron chi connectivity index (χ3n) is 2.32. The Kier molecular flexibility index (Phi) is 3.06. The largest absolute Gasteiger partial charge is 0.344 e. The molecule has 0 bridgehead atoms. The van der Waals surface area contributed by atoms with Gasteiger partial charge in [-0.1, -0.05) is 30.3 Å². The van der Waals surface area contributed by atoms with Crippen molar-refractivity contribution in [3.05, 3.63) is 46.7 Å². The van der Waals surface area contributed by atoms with E-state index >= 15 is 0 Å². The zero-order valence-corrected chi connectivity index (χ0v) is 10.1. The van der Waals surface area contributed by atoms with Crippen LogP contribution in [-0.4, -0.2) is 24.9 Å². The highest BCUT2D eigenvalue weighted by Gasteiger charge is 2.11. The highest BCUT2D eigenvalue weighted by atomic mass is 32.1. The van der Waals surface area contributed by atoms with Crippen LogP contribution in [0.4, 0.5) is 0 Å². The summed E-state index contributed by atoms with van der Waals surface area (Å²) in [5, 5.41) is 2.02. The molecule has 1 amide bonds. The molecule has 2 aromatic rings. The van der Waals surface area contributed by atoms with Crippen molar-refractivity contribution in [3.63, 3.8) is 0 Å². The molecular weight excluding hydrogens is 218 g/mol. The lowest BCUT2D eigenvalue weighted by Crippen LogP contribution is -2.20. The van der Waals surface area contributed by atoms with Gasteiger partial charge in [-0.2, -0.15) is 0 Å². The molecule has 0 atom stereocenters. The molecule has 82 valence electrons. The molecule has 3 heteroatoms. The second kappa shape index (κ2) is 4.49. The maximum absolute atomic E-state index is 11.7. The molecule has 0 saturated heterocycles. The Morgan fingerprint density at radius 3 is 2.44 bits per heavy atom. The lowest BCUT2D eigenvalue weighted by Gasteiger charge is -2.07. The number of amides is 1. The number of carbonyl (C=O) groups is 1. The van der Waals surface area contributed by atoms with Crippen LogP contribution < -0.4 is 0 Å². The van der Waals surface area contributed by atoms with E-state index in [2.05, 4.69) is 0 Å². The molecule has 2 nitrogen and oxygen atoms in total. The van der Waals surface area contributed by atoms with E-state index < -0.39 is 0 Å². The van der Waals surface area contributed by atoms with Crippen LogP contribution in [0.25, 0.3) is 11.1 Å². The summed E-state index contributed by atoms with van der Waals surface area (Å²) >= 11 is 1.49. The summed E-state index contributed by atoms with van der Waals surface area (Å²) in [6, 6.07) is 12.0. The van der Waals surface area contributed by atoms with Gasteiger partial charge in [-0.05, 0) is 22.6 Å². The van der Waals surface area contributed by atoms with Crippen LogP contribution in [0.3, 0.4) is 0 Å². The van der Waals surface area contributed by atoms with Gasteiger partial charge in [0.2, 0.25) is 0 Å².